The summed E-state index contributed by atoms with van der Waals surface area (Å²) in [5, 5.41) is 6.63. The third-order valence-electron chi connectivity index (χ3n) is 4.77. The van der Waals surface area contributed by atoms with Crippen LogP contribution in [0.25, 0.3) is 0 Å². The Hall–Kier alpha value is -1.35. The normalized spacial score (nSPS) is 29.6. The molecular weight excluding hydrogens is 248 g/mol. The SMILES string of the molecule is CC1CCC(NC(=O)C2CNCc3ccccc32)CC1. The maximum atomic E-state index is 12.6. The summed E-state index contributed by atoms with van der Waals surface area (Å²) in [7, 11) is 0. The topological polar surface area (TPSA) is 41.1 Å². The van der Waals surface area contributed by atoms with Gasteiger partial charge in [-0.3, -0.25) is 4.79 Å². The van der Waals surface area contributed by atoms with Crippen LogP contribution in [-0.4, -0.2) is 18.5 Å². The third kappa shape index (κ3) is 2.88. The van der Waals surface area contributed by atoms with Crippen LogP contribution in [0, 0.1) is 5.92 Å². The van der Waals surface area contributed by atoms with Crippen molar-refractivity contribution in [3.63, 3.8) is 0 Å². The van der Waals surface area contributed by atoms with Crippen molar-refractivity contribution < 1.29 is 4.79 Å². The molecule has 1 saturated carbocycles. The molecule has 108 valence electrons. The maximum absolute atomic E-state index is 12.6. The second-order valence-corrected chi connectivity index (χ2v) is 6.35. The van der Waals surface area contributed by atoms with E-state index in [1.165, 1.54) is 24.0 Å². The molecule has 1 aromatic rings. The van der Waals surface area contributed by atoms with Gasteiger partial charge in [-0.25, -0.2) is 0 Å². The van der Waals surface area contributed by atoms with E-state index in [9.17, 15) is 4.79 Å². The smallest absolute Gasteiger partial charge is 0.229 e. The van der Waals surface area contributed by atoms with Gasteiger partial charge in [0.1, 0.15) is 0 Å². The Bertz CT molecular complexity index is 478. The van der Waals surface area contributed by atoms with E-state index in [0.29, 0.717) is 6.04 Å². The van der Waals surface area contributed by atoms with Gasteiger partial charge in [-0.2, -0.15) is 0 Å². The molecule has 0 spiro atoms. The van der Waals surface area contributed by atoms with Crippen molar-refractivity contribution in [1.29, 1.82) is 0 Å². The summed E-state index contributed by atoms with van der Waals surface area (Å²) in [6, 6.07) is 8.68. The highest BCUT2D eigenvalue weighted by atomic mass is 16.2. The van der Waals surface area contributed by atoms with Crippen molar-refractivity contribution in [2.75, 3.05) is 6.54 Å². The quantitative estimate of drug-likeness (QED) is 0.869. The zero-order valence-corrected chi connectivity index (χ0v) is 12.2. The molecule has 1 atom stereocenters. The molecule has 1 aliphatic heterocycles. The standard InChI is InChI=1S/C17H24N2O/c1-12-6-8-14(9-7-12)19-17(20)16-11-18-10-13-4-2-3-5-15(13)16/h2-5,12,14,16,18H,6-11H2,1H3,(H,19,20). The third-order valence-corrected chi connectivity index (χ3v) is 4.77. The number of rotatable bonds is 2. The minimum Gasteiger partial charge on any atom is -0.353 e. The molecule has 0 saturated heterocycles. The molecule has 3 rings (SSSR count). The van der Waals surface area contributed by atoms with Crippen LogP contribution in [0.1, 0.15) is 49.7 Å². The van der Waals surface area contributed by atoms with E-state index < -0.39 is 0 Å². The number of hydrogen-bond donors (Lipinski definition) is 2. The Morgan fingerprint density at radius 1 is 1.20 bits per heavy atom. The van der Waals surface area contributed by atoms with E-state index in [1.807, 2.05) is 12.1 Å². The van der Waals surface area contributed by atoms with Crippen molar-refractivity contribution in [3.05, 3.63) is 35.4 Å². The fourth-order valence-electron chi connectivity index (χ4n) is 3.44. The van der Waals surface area contributed by atoms with E-state index in [2.05, 4.69) is 29.7 Å². The monoisotopic (exact) mass is 272 g/mol. The van der Waals surface area contributed by atoms with Gasteiger partial charge >= 0.3 is 0 Å². The van der Waals surface area contributed by atoms with E-state index in [1.54, 1.807) is 0 Å². The summed E-state index contributed by atoms with van der Waals surface area (Å²) in [4.78, 5) is 12.6. The van der Waals surface area contributed by atoms with Gasteiger partial charge in [0.15, 0.2) is 0 Å². The van der Waals surface area contributed by atoms with Gasteiger partial charge in [0.25, 0.3) is 0 Å². The Morgan fingerprint density at radius 2 is 1.95 bits per heavy atom. The Kier molecular flexibility index (Phi) is 4.06. The van der Waals surface area contributed by atoms with E-state index in [4.69, 9.17) is 0 Å². The van der Waals surface area contributed by atoms with Crippen molar-refractivity contribution in [3.8, 4) is 0 Å². The average Bonchev–Trinajstić information content (AvgIpc) is 2.49. The molecule has 1 unspecified atom stereocenters. The highest BCUT2D eigenvalue weighted by Gasteiger charge is 2.28. The first-order valence-corrected chi connectivity index (χ1v) is 7.83. The second kappa shape index (κ2) is 5.96. The highest BCUT2D eigenvalue weighted by molar-refractivity contribution is 5.84. The number of hydrogen-bond acceptors (Lipinski definition) is 2. The van der Waals surface area contributed by atoms with Crippen LogP contribution in [-0.2, 0) is 11.3 Å². The lowest BCUT2D eigenvalue weighted by molar-refractivity contribution is -0.123. The molecule has 0 aromatic heterocycles. The Labute approximate surface area is 121 Å². The lowest BCUT2D eigenvalue weighted by Gasteiger charge is -2.30. The molecule has 3 heteroatoms. The molecule has 1 fully saturated rings. The second-order valence-electron chi connectivity index (χ2n) is 6.35. The first-order chi connectivity index (χ1) is 9.74. The summed E-state index contributed by atoms with van der Waals surface area (Å²) in [6.07, 6.45) is 4.75. The predicted molar refractivity (Wildman–Crippen MR) is 80.5 cm³/mol. The first kappa shape index (κ1) is 13.6. The van der Waals surface area contributed by atoms with Gasteiger partial charge in [0, 0.05) is 19.1 Å². The predicted octanol–water partition coefficient (Wildman–Crippen LogP) is 2.57. The van der Waals surface area contributed by atoms with Crippen LogP contribution in [0.4, 0.5) is 0 Å². The minimum absolute atomic E-state index is 0.0284. The van der Waals surface area contributed by atoms with Gasteiger partial charge in [-0.05, 0) is 42.7 Å². The van der Waals surface area contributed by atoms with Crippen molar-refractivity contribution in [1.82, 2.24) is 10.6 Å². The van der Waals surface area contributed by atoms with Crippen molar-refractivity contribution >= 4 is 5.91 Å². The van der Waals surface area contributed by atoms with Crippen LogP contribution in [0.2, 0.25) is 0 Å². The number of amides is 1. The first-order valence-electron chi connectivity index (χ1n) is 7.83. The van der Waals surface area contributed by atoms with Gasteiger partial charge in [0.05, 0.1) is 5.92 Å². The van der Waals surface area contributed by atoms with Crippen LogP contribution < -0.4 is 10.6 Å². The lowest BCUT2D eigenvalue weighted by atomic mass is 9.86. The zero-order chi connectivity index (χ0) is 13.9. The highest BCUT2D eigenvalue weighted by Crippen LogP contribution is 2.26. The van der Waals surface area contributed by atoms with E-state index in [0.717, 1.165) is 31.8 Å². The molecule has 3 nitrogen and oxygen atoms in total. The molecule has 1 aromatic carbocycles. The van der Waals surface area contributed by atoms with Gasteiger partial charge in [-0.1, -0.05) is 31.2 Å². The minimum atomic E-state index is -0.0284. The van der Waals surface area contributed by atoms with Crippen LogP contribution in [0.3, 0.4) is 0 Å². The van der Waals surface area contributed by atoms with Crippen LogP contribution in [0.15, 0.2) is 24.3 Å². The largest absolute Gasteiger partial charge is 0.353 e. The number of carbonyl (C=O) groups is 1. The molecule has 0 radical (unpaired) electrons. The average molecular weight is 272 g/mol. The summed E-state index contributed by atoms with van der Waals surface area (Å²) in [5.41, 5.74) is 2.46. The van der Waals surface area contributed by atoms with Gasteiger partial charge in [0.2, 0.25) is 5.91 Å². The van der Waals surface area contributed by atoms with Crippen molar-refractivity contribution in [2.45, 2.75) is 51.1 Å². The molecule has 1 amide bonds. The zero-order valence-electron chi connectivity index (χ0n) is 12.2. The summed E-state index contributed by atoms with van der Waals surface area (Å²) >= 11 is 0. The lowest BCUT2D eigenvalue weighted by Crippen LogP contribution is -2.44. The molecular formula is C17H24N2O. The molecule has 0 bridgehead atoms. The van der Waals surface area contributed by atoms with Gasteiger partial charge < -0.3 is 10.6 Å². The Morgan fingerprint density at radius 3 is 2.75 bits per heavy atom. The van der Waals surface area contributed by atoms with Crippen molar-refractivity contribution in [2.24, 2.45) is 5.92 Å². The molecule has 20 heavy (non-hydrogen) atoms. The van der Waals surface area contributed by atoms with E-state index >= 15 is 0 Å². The summed E-state index contributed by atoms with van der Waals surface area (Å²) in [5.74, 6) is 0.990. The summed E-state index contributed by atoms with van der Waals surface area (Å²) < 4.78 is 0. The molecule has 1 aliphatic carbocycles. The summed E-state index contributed by atoms with van der Waals surface area (Å²) in [6.45, 7) is 3.94. The van der Waals surface area contributed by atoms with Crippen LogP contribution in [0.5, 0.6) is 0 Å². The number of benzene rings is 1. The molecule has 2 N–H and O–H groups in total. The number of nitrogens with one attached hydrogen (secondary N) is 2. The van der Waals surface area contributed by atoms with Gasteiger partial charge in [-0.15, -0.1) is 0 Å². The fourth-order valence-corrected chi connectivity index (χ4v) is 3.44. The fraction of sp³-hybridized carbons (Fsp3) is 0.588. The van der Waals surface area contributed by atoms with Crippen LogP contribution >= 0.6 is 0 Å². The molecule has 2 aliphatic rings. The van der Waals surface area contributed by atoms with E-state index in [-0.39, 0.29) is 11.8 Å². The molecule has 1 heterocycles. The number of fused-ring (bicyclic) bond motifs is 1. The Balaban J connectivity index is 1.66. The number of carbonyl (C=O) groups excluding carboxylic acids is 1. The maximum Gasteiger partial charge on any atom is 0.229 e.